The van der Waals surface area contributed by atoms with Crippen LogP contribution in [0.3, 0.4) is 0 Å². The van der Waals surface area contributed by atoms with Crippen LogP contribution in [0.2, 0.25) is 0 Å². The molecular formula is C23H22BrN3O2. The zero-order valence-electron chi connectivity index (χ0n) is 16.8. The van der Waals surface area contributed by atoms with Gasteiger partial charge in [0.2, 0.25) is 0 Å². The molecule has 0 bridgehead atoms. The average Bonchev–Trinajstić information content (AvgIpc) is 2.68. The SMILES string of the molecule is [C-]#[N+]C1=C(C)NC(C)=C(C(=O)Nc2ccccc2OC)C1c1ccc(C)cc1Br. The van der Waals surface area contributed by atoms with Gasteiger partial charge in [0.25, 0.3) is 5.91 Å². The van der Waals surface area contributed by atoms with Crippen molar-refractivity contribution in [3.8, 4) is 5.75 Å². The fourth-order valence-corrected chi connectivity index (χ4v) is 4.26. The molecule has 148 valence electrons. The number of carbonyl (C=O) groups is 1. The number of ether oxygens (including phenoxy) is 1. The van der Waals surface area contributed by atoms with Gasteiger partial charge >= 0.3 is 0 Å². The Kier molecular flexibility index (Phi) is 6.09. The van der Waals surface area contributed by atoms with E-state index in [9.17, 15) is 4.79 Å². The molecule has 1 atom stereocenters. The Morgan fingerprint density at radius 2 is 1.90 bits per heavy atom. The molecule has 0 aromatic heterocycles. The molecule has 3 rings (SSSR count). The summed E-state index contributed by atoms with van der Waals surface area (Å²) in [7, 11) is 1.56. The lowest BCUT2D eigenvalue weighted by Gasteiger charge is -2.29. The van der Waals surface area contributed by atoms with Gasteiger partial charge in [-0.1, -0.05) is 40.2 Å². The Hall–Kier alpha value is -3.04. The van der Waals surface area contributed by atoms with Crippen LogP contribution < -0.4 is 15.4 Å². The third kappa shape index (κ3) is 4.06. The van der Waals surface area contributed by atoms with Gasteiger partial charge < -0.3 is 15.4 Å². The van der Waals surface area contributed by atoms with Crippen molar-refractivity contribution in [3.63, 3.8) is 0 Å². The number of nitrogens with one attached hydrogen (secondary N) is 2. The molecule has 0 saturated carbocycles. The number of allylic oxidation sites excluding steroid dienone is 3. The number of rotatable bonds is 4. The molecule has 0 fully saturated rings. The van der Waals surface area contributed by atoms with Crippen LogP contribution in [-0.4, -0.2) is 13.0 Å². The number of para-hydroxylation sites is 2. The molecule has 2 aromatic carbocycles. The topological polar surface area (TPSA) is 54.7 Å². The number of carbonyl (C=O) groups excluding carboxylic acids is 1. The number of amides is 1. The Morgan fingerprint density at radius 3 is 2.55 bits per heavy atom. The summed E-state index contributed by atoms with van der Waals surface area (Å²) >= 11 is 3.63. The van der Waals surface area contributed by atoms with E-state index < -0.39 is 5.92 Å². The number of hydrogen-bond acceptors (Lipinski definition) is 3. The minimum absolute atomic E-state index is 0.273. The standard InChI is InChI=1S/C23H22BrN3O2/c1-13-10-11-16(17(24)12-13)21-20(14(2)26-15(3)22(21)25-4)23(28)27-18-8-6-7-9-19(18)29-5/h6-12,21,26H,1-3,5H3,(H,27,28). The minimum Gasteiger partial charge on any atom is -0.495 e. The number of anilines is 1. The van der Waals surface area contributed by atoms with Crippen LogP contribution in [0.5, 0.6) is 5.75 Å². The van der Waals surface area contributed by atoms with Crippen LogP contribution in [0.4, 0.5) is 5.69 Å². The van der Waals surface area contributed by atoms with Crippen LogP contribution in [0.1, 0.15) is 30.9 Å². The molecule has 5 nitrogen and oxygen atoms in total. The van der Waals surface area contributed by atoms with Gasteiger partial charge in [0.05, 0.1) is 25.3 Å². The summed E-state index contributed by atoms with van der Waals surface area (Å²) in [5.41, 5.74) is 5.05. The van der Waals surface area contributed by atoms with Gasteiger partial charge in [-0.15, -0.1) is 0 Å². The van der Waals surface area contributed by atoms with Crippen molar-refractivity contribution in [2.45, 2.75) is 26.7 Å². The lowest BCUT2D eigenvalue weighted by molar-refractivity contribution is -0.113. The highest BCUT2D eigenvalue weighted by Crippen LogP contribution is 2.42. The van der Waals surface area contributed by atoms with Gasteiger partial charge in [-0.2, -0.15) is 0 Å². The van der Waals surface area contributed by atoms with Crippen LogP contribution >= 0.6 is 15.9 Å². The molecule has 1 aliphatic rings. The Balaban J connectivity index is 2.10. The summed E-state index contributed by atoms with van der Waals surface area (Å²) in [5.74, 6) is -0.169. The summed E-state index contributed by atoms with van der Waals surface area (Å²) in [6, 6.07) is 13.2. The van der Waals surface area contributed by atoms with Crippen LogP contribution in [0, 0.1) is 13.5 Å². The van der Waals surface area contributed by atoms with Gasteiger partial charge in [0.1, 0.15) is 5.75 Å². The van der Waals surface area contributed by atoms with Gasteiger partial charge in [-0.3, -0.25) is 4.79 Å². The second-order valence-corrected chi connectivity index (χ2v) is 7.75. The molecule has 0 radical (unpaired) electrons. The normalized spacial score (nSPS) is 16.2. The van der Waals surface area contributed by atoms with Crippen molar-refractivity contribution in [3.05, 3.63) is 92.1 Å². The monoisotopic (exact) mass is 451 g/mol. The number of halogens is 1. The summed E-state index contributed by atoms with van der Waals surface area (Å²) in [6.07, 6.45) is 0. The first-order valence-electron chi connectivity index (χ1n) is 9.13. The van der Waals surface area contributed by atoms with E-state index in [1.807, 2.05) is 51.1 Å². The van der Waals surface area contributed by atoms with Crippen LogP contribution in [-0.2, 0) is 4.79 Å². The van der Waals surface area contributed by atoms with Crippen molar-refractivity contribution < 1.29 is 9.53 Å². The average molecular weight is 452 g/mol. The minimum atomic E-state index is -0.474. The number of nitrogens with zero attached hydrogens (tertiary/aromatic N) is 1. The number of methoxy groups -OCH3 is 1. The van der Waals surface area contributed by atoms with E-state index in [-0.39, 0.29) is 5.91 Å². The molecule has 0 aliphatic carbocycles. The third-order valence-corrected chi connectivity index (χ3v) is 5.60. The van der Waals surface area contributed by atoms with Gasteiger partial charge in [-0.25, -0.2) is 4.85 Å². The molecule has 0 saturated heterocycles. The van der Waals surface area contributed by atoms with E-state index in [4.69, 9.17) is 11.3 Å². The molecule has 1 aliphatic heterocycles. The van der Waals surface area contributed by atoms with E-state index >= 15 is 0 Å². The predicted molar refractivity (Wildman–Crippen MR) is 118 cm³/mol. The number of hydrogen-bond donors (Lipinski definition) is 2. The lowest BCUT2D eigenvalue weighted by Crippen LogP contribution is -2.30. The first kappa shape index (κ1) is 20.7. The zero-order chi connectivity index (χ0) is 21.1. The van der Waals surface area contributed by atoms with Crippen LogP contribution in [0.15, 0.2) is 69.6 Å². The first-order chi connectivity index (χ1) is 13.9. The Morgan fingerprint density at radius 1 is 1.17 bits per heavy atom. The highest BCUT2D eigenvalue weighted by Gasteiger charge is 2.35. The molecule has 29 heavy (non-hydrogen) atoms. The smallest absolute Gasteiger partial charge is 0.253 e. The molecule has 1 amide bonds. The van der Waals surface area contributed by atoms with Gasteiger partial charge in [0, 0.05) is 21.4 Å². The molecular weight excluding hydrogens is 430 g/mol. The third-order valence-electron chi connectivity index (χ3n) is 4.91. The Bertz CT molecular complexity index is 1080. The highest BCUT2D eigenvalue weighted by atomic mass is 79.9. The number of aryl methyl sites for hydroxylation is 1. The van der Waals surface area contributed by atoms with Gasteiger partial charge in [-0.05, 0) is 50.1 Å². The second kappa shape index (κ2) is 8.54. The molecule has 1 heterocycles. The second-order valence-electron chi connectivity index (χ2n) is 6.90. The first-order valence-corrected chi connectivity index (χ1v) is 9.93. The van der Waals surface area contributed by atoms with E-state index in [0.717, 1.165) is 27.0 Å². The maximum absolute atomic E-state index is 13.4. The maximum atomic E-state index is 13.4. The molecule has 2 aromatic rings. The summed E-state index contributed by atoms with van der Waals surface area (Å²) in [5, 5.41) is 6.14. The van der Waals surface area contributed by atoms with Crippen LogP contribution in [0.25, 0.3) is 4.85 Å². The summed E-state index contributed by atoms with van der Waals surface area (Å²) < 4.78 is 6.22. The van der Waals surface area contributed by atoms with E-state index in [0.29, 0.717) is 22.7 Å². The van der Waals surface area contributed by atoms with Crippen molar-refractivity contribution in [1.29, 1.82) is 0 Å². The van der Waals surface area contributed by atoms with Crippen molar-refractivity contribution >= 4 is 27.5 Å². The molecule has 1 unspecified atom stereocenters. The summed E-state index contributed by atoms with van der Waals surface area (Å²) in [4.78, 5) is 17.1. The fraction of sp³-hybridized carbons (Fsp3) is 0.217. The predicted octanol–water partition coefficient (Wildman–Crippen LogP) is 5.52. The zero-order valence-corrected chi connectivity index (χ0v) is 18.3. The fourth-order valence-electron chi connectivity index (χ4n) is 3.54. The largest absolute Gasteiger partial charge is 0.495 e. The van der Waals surface area contributed by atoms with Crippen molar-refractivity contribution in [2.75, 3.05) is 12.4 Å². The highest BCUT2D eigenvalue weighted by molar-refractivity contribution is 9.10. The van der Waals surface area contributed by atoms with E-state index in [1.54, 1.807) is 19.2 Å². The van der Waals surface area contributed by atoms with E-state index in [1.165, 1.54) is 0 Å². The molecule has 2 N–H and O–H groups in total. The Labute approximate surface area is 179 Å². The van der Waals surface area contributed by atoms with Crippen molar-refractivity contribution in [1.82, 2.24) is 5.32 Å². The molecule has 0 spiro atoms. The quantitative estimate of drug-likeness (QED) is 0.601. The molecule has 6 heteroatoms. The van der Waals surface area contributed by atoms with Gasteiger partial charge in [0.15, 0.2) is 5.70 Å². The number of benzene rings is 2. The number of dihydropyridines is 1. The summed E-state index contributed by atoms with van der Waals surface area (Å²) in [6.45, 7) is 13.5. The van der Waals surface area contributed by atoms with Crippen molar-refractivity contribution in [2.24, 2.45) is 0 Å². The maximum Gasteiger partial charge on any atom is 0.253 e. The van der Waals surface area contributed by atoms with E-state index in [2.05, 4.69) is 31.4 Å². The lowest BCUT2D eigenvalue weighted by atomic mass is 9.83.